The maximum atomic E-state index is 12.4. The highest BCUT2D eigenvalue weighted by molar-refractivity contribution is 5.99. The molecule has 0 saturated carbocycles. The summed E-state index contributed by atoms with van der Waals surface area (Å²) in [6.07, 6.45) is 0. The topological polar surface area (TPSA) is 75.9 Å². The van der Waals surface area contributed by atoms with Crippen molar-refractivity contribution in [3.63, 3.8) is 0 Å². The van der Waals surface area contributed by atoms with Gasteiger partial charge in [-0.2, -0.15) is 0 Å². The van der Waals surface area contributed by atoms with Gasteiger partial charge in [-0.3, -0.25) is 9.69 Å². The summed E-state index contributed by atoms with van der Waals surface area (Å²) < 4.78 is 5.64. The van der Waals surface area contributed by atoms with Crippen molar-refractivity contribution in [2.24, 2.45) is 5.73 Å². The van der Waals surface area contributed by atoms with Gasteiger partial charge >= 0.3 is 6.03 Å². The van der Waals surface area contributed by atoms with Crippen LogP contribution in [-0.4, -0.2) is 42.1 Å². The van der Waals surface area contributed by atoms with Crippen molar-refractivity contribution in [3.8, 4) is 5.75 Å². The zero-order valence-electron chi connectivity index (χ0n) is 10.6. The van der Waals surface area contributed by atoms with Crippen LogP contribution in [-0.2, 0) is 4.79 Å². The third-order valence-electron chi connectivity index (χ3n) is 3.66. The molecule has 100 valence electrons. The van der Waals surface area contributed by atoms with E-state index in [1.165, 1.54) is 4.90 Å². The fourth-order valence-corrected chi connectivity index (χ4v) is 2.55. The maximum absolute atomic E-state index is 12.4. The molecule has 2 atom stereocenters. The SMILES string of the molecule is CC(C(N)=O)N1CC2COc3ccccc3N2C1=O. The van der Waals surface area contributed by atoms with E-state index >= 15 is 0 Å². The Morgan fingerprint density at radius 3 is 2.95 bits per heavy atom. The number of primary amides is 1. The third-order valence-corrected chi connectivity index (χ3v) is 3.66. The van der Waals surface area contributed by atoms with Crippen LogP contribution >= 0.6 is 0 Å². The Labute approximate surface area is 110 Å². The lowest BCUT2D eigenvalue weighted by Crippen LogP contribution is -2.45. The molecule has 2 unspecified atom stereocenters. The molecule has 0 bridgehead atoms. The van der Waals surface area contributed by atoms with Gasteiger partial charge in [-0.15, -0.1) is 0 Å². The minimum atomic E-state index is -0.606. The summed E-state index contributed by atoms with van der Waals surface area (Å²) in [5, 5.41) is 0. The second kappa shape index (κ2) is 4.15. The van der Waals surface area contributed by atoms with E-state index in [1.807, 2.05) is 24.3 Å². The van der Waals surface area contributed by atoms with Crippen molar-refractivity contribution < 1.29 is 14.3 Å². The Hall–Kier alpha value is -2.24. The molecule has 2 aliphatic heterocycles. The minimum absolute atomic E-state index is 0.0656. The summed E-state index contributed by atoms with van der Waals surface area (Å²) in [7, 11) is 0. The number of hydrogen-bond acceptors (Lipinski definition) is 3. The van der Waals surface area contributed by atoms with Crippen LogP contribution in [0.2, 0.25) is 0 Å². The van der Waals surface area contributed by atoms with E-state index in [0.29, 0.717) is 18.9 Å². The van der Waals surface area contributed by atoms with E-state index in [1.54, 1.807) is 11.8 Å². The Morgan fingerprint density at radius 1 is 1.47 bits per heavy atom. The molecule has 1 saturated heterocycles. The smallest absolute Gasteiger partial charge is 0.325 e. The van der Waals surface area contributed by atoms with Crippen LogP contribution < -0.4 is 15.4 Å². The molecule has 19 heavy (non-hydrogen) atoms. The molecule has 0 aromatic heterocycles. The highest BCUT2D eigenvalue weighted by Crippen LogP contribution is 2.37. The van der Waals surface area contributed by atoms with Crippen LogP contribution in [0.5, 0.6) is 5.75 Å². The van der Waals surface area contributed by atoms with Gasteiger partial charge in [0.25, 0.3) is 0 Å². The molecule has 1 aromatic rings. The Balaban J connectivity index is 1.95. The van der Waals surface area contributed by atoms with E-state index in [-0.39, 0.29) is 12.1 Å². The molecule has 6 nitrogen and oxygen atoms in total. The average Bonchev–Trinajstić information content (AvgIpc) is 2.75. The second-order valence-electron chi connectivity index (χ2n) is 4.82. The number of hydrogen-bond donors (Lipinski definition) is 1. The summed E-state index contributed by atoms with van der Waals surface area (Å²) in [6, 6.07) is 6.54. The molecule has 6 heteroatoms. The number of carbonyl (C=O) groups is 2. The van der Waals surface area contributed by atoms with Crippen LogP contribution in [0.3, 0.4) is 0 Å². The molecular formula is C13H15N3O3. The second-order valence-corrected chi connectivity index (χ2v) is 4.82. The number of benzene rings is 1. The Bertz CT molecular complexity index is 546. The number of urea groups is 1. The lowest BCUT2D eigenvalue weighted by Gasteiger charge is -2.30. The van der Waals surface area contributed by atoms with Crippen LogP contribution in [0.1, 0.15) is 6.92 Å². The van der Waals surface area contributed by atoms with Crippen molar-refractivity contribution in [2.75, 3.05) is 18.1 Å². The number of nitrogens with zero attached hydrogens (tertiary/aromatic N) is 2. The molecule has 3 amide bonds. The quantitative estimate of drug-likeness (QED) is 0.845. The van der Waals surface area contributed by atoms with E-state index in [9.17, 15) is 9.59 Å². The van der Waals surface area contributed by atoms with Crippen molar-refractivity contribution in [3.05, 3.63) is 24.3 Å². The number of nitrogens with two attached hydrogens (primary N) is 1. The number of ether oxygens (including phenoxy) is 1. The standard InChI is InChI=1S/C13H15N3O3/c1-8(12(14)17)15-6-9-7-19-11-5-3-2-4-10(11)16(9)13(15)18/h2-5,8-9H,6-7H2,1H3,(H2,14,17). The predicted octanol–water partition coefficient (Wildman–Crippen LogP) is 0.563. The monoisotopic (exact) mass is 261 g/mol. The third kappa shape index (κ3) is 1.71. The zero-order valence-corrected chi connectivity index (χ0v) is 10.6. The van der Waals surface area contributed by atoms with Crippen LogP contribution in [0.4, 0.5) is 10.5 Å². The van der Waals surface area contributed by atoms with Crippen molar-refractivity contribution in [2.45, 2.75) is 19.0 Å². The van der Waals surface area contributed by atoms with E-state index in [4.69, 9.17) is 10.5 Å². The van der Waals surface area contributed by atoms with Crippen LogP contribution in [0.15, 0.2) is 24.3 Å². The van der Waals surface area contributed by atoms with Gasteiger partial charge in [0.2, 0.25) is 5.91 Å². The average molecular weight is 261 g/mol. The normalized spacial score (nSPS) is 22.6. The fourth-order valence-electron chi connectivity index (χ4n) is 2.55. The molecule has 1 aromatic carbocycles. The first-order chi connectivity index (χ1) is 9.09. The highest BCUT2D eigenvalue weighted by Gasteiger charge is 2.44. The molecule has 2 N–H and O–H groups in total. The molecule has 2 aliphatic rings. The van der Waals surface area contributed by atoms with Crippen LogP contribution in [0, 0.1) is 0 Å². The maximum Gasteiger partial charge on any atom is 0.325 e. The first kappa shape index (κ1) is 11.8. The zero-order chi connectivity index (χ0) is 13.6. The highest BCUT2D eigenvalue weighted by atomic mass is 16.5. The van der Waals surface area contributed by atoms with E-state index in [2.05, 4.69) is 0 Å². The molecule has 3 rings (SSSR count). The minimum Gasteiger partial charge on any atom is -0.489 e. The molecule has 0 aliphatic carbocycles. The summed E-state index contributed by atoms with van der Waals surface area (Å²) >= 11 is 0. The Kier molecular flexibility index (Phi) is 2.58. The number of anilines is 1. The summed E-state index contributed by atoms with van der Waals surface area (Å²) in [5.74, 6) is 0.197. The van der Waals surface area contributed by atoms with Gasteiger partial charge in [0, 0.05) is 6.54 Å². The Morgan fingerprint density at radius 2 is 2.21 bits per heavy atom. The van der Waals surface area contributed by atoms with Gasteiger partial charge in [0.1, 0.15) is 18.4 Å². The van der Waals surface area contributed by atoms with Gasteiger partial charge in [0.05, 0.1) is 11.7 Å². The van der Waals surface area contributed by atoms with Gasteiger partial charge < -0.3 is 15.4 Å². The number of para-hydroxylation sites is 2. The van der Waals surface area contributed by atoms with Crippen molar-refractivity contribution >= 4 is 17.6 Å². The largest absolute Gasteiger partial charge is 0.489 e. The molecule has 2 heterocycles. The number of rotatable bonds is 2. The van der Waals surface area contributed by atoms with Gasteiger partial charge in [-0.1, -0.05) is 12.1 Å². The van der Waals surface area contributed by atoms with Gasteiger partial charge in [0.15, 0.2) is 0 Å². The van der Waals surface area contributed by atoms with Crippen molar-refractivity contribution in [1.29, 1.82) is 0 Å². The summed E-state index contributed by atoms with van der Waals surface area (Å²) in [5.41, 5.74) is 6.03. The van der Waals surface area contributed by atoms with E-state index in [0.717, 1.165) is 5.69 Å². The first-order valence-corrected chi connectivity index (χ1v) is 6.20. The van der Waals surface area contributed by atoms with Crippen molar-refractivity contribution in [1.82, 2.24) is 4.90 Å². The first-order valence-electron chi connectivity index (χ1n) is 6.20. The van der Waals surface area contributed by atoms with Gasteiger partial charge in [-0.05, 0) is 19.1 Å². The van der Waals surface area contributed by atoms with Gasteiger partial charge in [-0.25, -0.2) is 4.79 Å². The number of carbonyl (C=O) groups excluding carboxylic acids is 2. The molecule has 0 radical (unpaired) electrons. The number of amides is 3. The van der Waals surface area contributed by atoms with E-state index < -0.39 is 11.9 Å². The lowest BCUT2D eigenvalue weighted by atomic mass is 10.2. The summed E-state index contributed by atoms with van der Waals surface area (Å²) in [4.78, 5) is 26.9. The van der Waals surface area contributed by atoms with Crippen LogP contribution in [0.25, 0.3) is 0 Å². The molecular weight excluding hydrogens is 246 g/mol. The summed E-state index contributed by atoms with van der Waals surface area (Å²) in [6.45, 7) is 2.54. The number of fused-ring (bicyclic) bond motifs is 3. The molecule has 1 fully saturated rings. The molecule has 0 spiro atoms. The predicted molar refractivity (Wildman–Crippen MR) is 69.0 cm³/mol. The lowest BCUT2D eigenvalue weighted by molar-refractivity contribution is -0.121. The fraction of sp³-hybridized carbons (Fsp3) is 0.385.